The molecule has 0 aliphatic rings. The van der Waals surface area contributed by atoms with E-state index in [4.69, 9.17) is 16.3 Å². The number of halogens is 1. The molecule has 0 aliphatic carbocycles. The number of amides is 1. The van der Waals surface area contributed by atoms with Crippen molar-refractivity contribution in [3.05, 3.63) is 71.0 Å². The van der Waals surface area contributed by atoms with Gasteiger partial charge in [0.2, 0.25) is 5.95 Å². The van der Waals surface area contributed by atoms with E-state index >= 15 is 0 Å². The highest BCUT2D eigenvalue weighted by Gasteiger charge is 2.11. The number of hydrogen-bond donors (Lipinski definition) is 2. The Bertz CT molecular complexity index is 974. The van der Waals surface area contributed by atoms with Gasteiger partial charge in [0.05, 0.1) is 17.4 Å². The largest absolute Gasteiger partial charge is 0.489 e. The molecule has 0 radical (unpaired) electrons. The van der Waals surface area contributed by atoms with E-state index in [-0.39, 0.29) is 12.0 Å². The lowest BCUT2D eigenvalue weighted by Gasteiger charge is -2.14. The third-order valence-corrected chi connectivity index (χ3v) is 4.34. The molecule has 7 heteroatoms. The van der Waals surface area contributed by atoms with Gasteiger partial charge in [-0.15, -0.1) is 0 Å². The Kier molecular flexibility index (Phi) is 6.11. The summed E-state index contributed by atoms with van der Waals surface area (Å²) < 4.78 is 5.77. The molecule has 6 nitrogen and oxygen atoms in total. The van der Waals surface area contributed by atoms with Gasteiger partial charge in [0.25, 0.3) is 5.91 Å². The maximum atomic E-state index is 12.4. The van der Waals surface area contributed by atoms with Gasteiger partial charge in [-0.05, 0) is 50.6 Å². The summed E-state index contributed by atoms with van der Waals surface area (Å²) in [7, 11) is 0. The van der Waals surface area contributed by atoms with E-state index < -0.39 is 0 Å². The molecule has 144 valence electrons. The number of rotatable bonds is 6. The minimum atomic E-state index is -0.305. The van der Waals surface area contributed by atoms with Gasteiger partial charge in [-0.2, -0.15) is 0 Å². The topological polar surface area (TPSA) is 76.1 Å². The van der Waals surface area contributed by atoms with Crippen LogP contribution in [0.2, 0.25) is 5.02 Å². The lowest BCUT2D eigenvalue weighted by molar-refractivity contribution is 0.102. The number of anilines is 3. The summed E-state index contributed by atoms with van der Waals surface area (Å²) in [4.78, 5) is 20.9. The van der Waals surface area contributed by atoms with Gasteiger partial charge in [-0.3, -0.25) is 4.79 Å². The van der Waals surface area contributed by atoms with Gasteiger partial charge in [-0.1, -0.05) is 29.8 Å². The first kappa shape index (κ1) is 19.6. The Hall–Kier alpha value is -3.12. The van der Waals surface area contributed by atoms with E-state index in [9.17, 15) is 4.79 Å². The van der Waals surface area contributed by atoms with Crippen LogP contribution in [0.1, 0.15) is 29.8 Å². The molecule has 2 N–H and O–H groups in total. The number of benzene rings is 2. The van der Waals surface area contributed by atoms with Gasteiger partial charge in [0, 0.05) is 23.1 Å². The van der Waals surface area contributed by atoms with Crippen LogP contribution >= 0.6 is 11.6 Å². The number of nitrogens with zero attached hydrogens (tertiary/aromatic N) is 2. The Morgan fingerprint density at radius 3 is 2.43 bits per heavy atom. The van der Waals surface area contributed by atoms with Gasteiger partial charge in [0.1, 0.15) is 5.75 Å². The van der Waals surface area contributed by atoms with Gasteiger partial charge in [-0.25, -0.2) is 9.97 Å². The van der Waals surface area contributed by atoms with Gasteiger partial charge >= 0.3 is 0 Å². The summed E-state index contributed by atoms with van der Waals surface area (Å²) in [6.45, 7) is 5.77. The molecule has 0 saturated carbocycles. The fraction of sp³-hybridized carbons (Fsp3) is 0.190. The molecule has 0 aliphatic heterocycles. The number of aromatic nitrogens is 2. The van der Waals surface area contributed by atoms with E-state index in [1.807, 2.05) is 45.0 Å². The highest BCUT2D eigenvalue weighted by molar-refractivity contribution is 6.31. The van der Waals surface area contributed by atoms with Crippen molar-refractivity contribution in [2.75, 3.05) is 10.6 Å². The van der Waals surface area contributed by atoms with Crippen molar-refractivity contribution in [2.45, 2.75) is 26.9 Å². The van der Waals surface area contributed by atoms with E-state index in [1.165, 1.54) is 12.4 Å². The predicted molar refractivity (Wildman–Crippen MR) is 112 cm³/mol. The van der Waals surface area contributed by atoms with Crippen LogP contribution < -0.4 is 15.4 Å². The third kappa shape index (κ3) is 4.78. The van der Waals surface area contributed by atoms with Crippen LogP contribution in [0, 0.1) is 6.92 Å². The second-order valence-corrected chi connectivity index (χ2v) is 6.86. The zero-order valence-corrected chi connectivity index (χ0v) is 16.6. The summed E-state index contributed by atoms with van der Waals surface area (Å²) in [5.41, 5.74) is 2.55. The average molecular weight is 397 g/mol. The van der Waals surface area contributed by atoms with E-state index in [1.54, 1.807) is 18.2 Å². The first-order chi connectivity index (χ1) is 13.4. The Morgan fingerprint density at radius 2 is 1.71 bits per heavy atom. The lowest BCUT2D eigenvalue weighted by atomic mass is 10.2. The van der Waals surface area contributed by atoms with Crippen LogP contribution in [0.3, 0.4) is 0 Å². The molecule has 0 fully saturated rings. The third-order valence-electron chi connectivity index (χ3n) is 3.93. The first-order valence-electron chi connectivity index (χ1n) is 8.85. The van der Waals surface area contributed by atoms with Gasteiger partial charge < -0.3 is 15.4 Å². The van der Waals surface area contributed by atoms with Crippen LogP contribution in [0.25, 0.3) is 0 Å². The van der Waals surface area contributed by atoms with Crippen molar-refractivity contribution in [3.8, 4) is 5.75 Å². The van der Waals surface area contributed by atoms with E-state index in [0.717, 1.165) is 11.3 Å². The molecule has 3 aromatic rings. The summed E-state index contributed by atoms with van der Waals surface area (Å²) in [5.74, 6) is 0.773. The van der Waals surface area contributed by atoms with Crippen LogP contribution in [0.5, 0.6) is 5.75 Å². The number of carbonyl (C=O) groups excluding carboxylic acids is 1. The fourth-order valence-corrected chi connectivity index (χ4v) is 2.67. The van der Waals surface area contributed by atoms with Crippen molar-refractivity contribution in [3.63, 3.8) is 0 Å². The number of hydrogen-bond acceptors (Lipinski definition) is 5. The Labute approximate surface area is 168 Å². The molecule has 1 heterocycles. The number of ether oxygens (including phenoxy) is 1. The second kappa shape index (κ2) is 8.71. The minimum absolute atomic E-state index is 0.0462. The molecule has 0 saturated heterocycles. The van der Waals surface area contributed by atoms with Crippen molar-refractivity contribution in [2.24, 2.45) is 0 Å². The predicted octanol–water partition coefficient (Wildman–Crippen LogP) is 5.22. The number of para-hydroxylation sites is 2. The van der Waals surface area contributed by atoms with E-state index in [2.05, 4.69) is 20.6 Å². The SMILES string of the molecule is Cc1c(Cl)cccc1NC(=O)c1cnc(Nc2ccccc2OC(C)C)nc1. The molecular weight excluding hydrogens is 376 g/mol. The maximum absolute atomic E-state index is 12.4. The highest BCUT2D eigenvalue weighted by Crippen LogP contribution is 2.27. The van der Waals surface area contributed by atoms with Crippen LogP contribution in [-0.4, -0.2) is 22.0 Å². The standard InChI is InChI=1S/C21H21ClN4O2/c1-13(2)28-19-10-5-4-8-18(19)26-21-23-11-15(12-24-21)20(27)25-17-9-6-7-16(22)14(17)3/h4-13H,1-3H3,(H,25,27)(H,23,24,26). The number of nitrogens with one attached hydrogen (secondary N) is 2. The molecule has 0 bridgehead atoms. The van der Waals surface area contributed by atoms with Crippen molar-refractivity contribution < 1.29 is 9.53 Å². The summed E-state index contributed by atoms with van der Waals surface area (Å²) in [5, 5.41) is 6.53. The second-order valence-electron chi connectivity index (χ2n) is 6.45. The minimum Gasteiger partial charge on any atom is -0.489 e. The lowest BCUT2D eigenvalue weighted by Crippen LogP contribution is -2.14. The highest BCUT2D eigenvalue weighted by atomic mass is 35.5. The maximum Gasteiger partial charge on any atom is 0.258 e. The zero-order chi connectivity index (χ0) is 20.1. The average Bonchev–Trinajstić information content (AvgIpc) is 2.67. The monoisotopic (exact) mass is 396 g/mol. The summed E-state index contributed by atoms with van der Waals surface area (Å²) in [6, 6.07) is 12.9. The smallest absolute Gasteiger partial charge is 0.258 e. The summed E-state index contributed by atoms with van der Waals surface area (Å²) >= 11 is 6.09. The first-order valence-corrected chi connectivity index (χ1v) is 9.23. The molecule has 0 unspecified atom stereocenters. The van der Waals surface area contributed by atoms with E-state index in [0.29, 0.717) is 28.0 Å². The summed E-state index contributed by atoms with van der Waals surface area (Å²) in [6.07, 6.45) is 2.98. The molecule has 1 aromatic heterocycles. The molecule has 28 heavy (non-hydrogen) atoms. The quantitative estimate of drug-likeness (QED) is 0.597. The normalized spacial score (nSPS) is 10.6. The van der Waals surface area contributed by atoms with Crippen LogP contribution in [-0.2, 0) is 0 Å². The van der Waals surface area contributed by atoms with Crippen molar-refractivity contribution in [1.29, 1.82) is 0 Å². The van der Waals surface area contributed by atoms with Crippen molar-refractivity contribution in [1.82, 2.24) is 9.97 Å². The fourth-order valence-electron chi connectivity index (χ4n) is 2.49. The van der Waals surface area contributed by atoms with Gasteiger partial charge in [0.15, 0.2) is 0 Å². The molecule has 2 aromatic carbocycles. The molecule has 0 spiro atoms. The molecular formula is C21H21ClN4O2. The Balaban J connectivity index is 1.72. The zero-order valence-electron chi connectivity index (χ0n) is 15.9. The number of carbonyl (C=O) groups is 1. The van der Waals surface area contributed by atoms with Crippen LogP contribution in [0.15, 0.2) is 54.9 Å². The van der Waals surface area contributed by atoms with Crippen molar-refractivity contribution >= 4 is 34.8 Å². The molecule has 1 amide bonds. The molecule has 0 atom stereocenters. The Morgan fingerprint density at radius 1 is 1.04 bits per heavy atom. The molecule has 3 rings (SSSR count). The van der Waals surface area contributed by atoms with Crippen LogP contribution in [0.4, 0.5) is 17.3 Å².